The Labute approximate surface area is 75.6 Å². The summed E-state index contributed by atoms with van der Waals surface area (Å²) in [6, 6.07) is 0. The Bertz CT molecular complexity index is 43.8. The van der Waals surface area contributed by atoms with Crippen molar-refractivity contribution >= 4 is 51.5 Å². The molecule has 0 saturated carbocycles. The first-order valence-corrected chi connectivity index (χ1v) is 9.23. The molecular formula is C4H15Cl2GaSi. The second-order valence-electron chi connectivity index (χ2n) is 2.91. The van der Waals surface area contributed by atoms with Gasteiger partial charge in [0.2, 0.25) is 0 Å². The fourth-order valence-electron chi connectivity index (χ4n) is 0. The fraction of sp³-hybridized carbons (Fsp3) is 1.00. The minimum atomic E-state index is -0.548. The zero-order chi connectivity index (χ0) is 5.21. The zero-order valence-corrected chi connectivity index (χ0v) is 12.9. The van der Waals surface area contributed by atoms with E-state index >= 15 is 0 Å². The number of hydrogen-bond acceptors (Lipinski definition) is 0. The van der Waals surface area contributed by atoms with E-state index in [-0.39, 0.29) is 24.8 Å². The van der Waals surface area contributed by atoms with Crippen LogP contribution in [0.15, 0.2) is 0 Å². The quantitative estimate of drug-likeness (QED) is 0.604. The maximum absolute atomic E-state index is 2.43. The van der Waals surface area contributed by atoms with Gasteiger partial charge in [-0.1, -0.05) is 0 Å². The van der Waals surface area contributed by atoms with Crippen molar-refractivity contribution in [3.8, 4) is 0 Å². The molecule has 0 bridgehead atoms. The molecule has 0 nitrogen and oxygen atoms in total. The predicted octanol–water partition coefficient (Wildman–Crippen LogP) is 1.76. The number of hydrogen-bond donors (Lipinski definition) is 0. The van der Waals surface area contributed by atoms with Gasteiger partial charge in [0, 0.05) is 0 Å². The van der Waals surface area contributed by atoms with Gasteiger partial charge in [0.05, 0.1) is 0 Å². The predicted molar refractivity (Wildman–Crippen MR) is 51.2 cm³/mol. The van der Waals surface area contributed by atoms with E-state index in [4.69, 9.17) is 0 Å². The zero-order valence-electron chi connectivity index (χ0n) is 6.02. The molecule has 0 radical (unpaired) electrons. The standard InChI is InChI=1S/C4H11Si.2ClH.Ga.2H/c1-5(2,3)4;;;;;/h1H2,2-4H3;2*1H;;;. The average molecular weight is 232 g/mol. The van der Waals surface area contributed by atoms with Gasteiger partial charge in [-0.2, -0.15) is 0 Å². The summed E-state index contributed by atoms with van der Waals surface area (Å²) in [5.41, 5.74) is 0. The summed E-state index contributed by atoms with van der Waals surface area (Å²) in [6.45, 7) is 7.29. The molecule has 0 aromatic heterocycles. The van der Waals surface area contributed by atoms with Crippen molar-refractivity contribution in [2.75, 3.05) is 0 Å². The average Bonchev–Trinajstić information content (AvgIpc) is 1.35. The molecule has 0 saturated heterocycles. The van der Waals surface area contributed by atoms with Crippen molar-refractivity contribution in [2.24, 2.45) is 0 Å². The molecule has 0 aliphatic heterocycles. The van der Waals surface area contributed by atoms with E-state index in [1.54, 1.807) is 4.60 Å². The molecule has 0 amide bonds. The maximum Gasteiger partial charge on any atom is -0.147 e. The topological polar surface area (TPSA) is 0 Å². The van der Waals surface area contributed by atoms with Gasteiger partial charge in [-0.05, 0) is 0 Å². The summed E-state index contributed by atoms with van der Waals surface area (Å²) in [4.78, 5) is 0. The van der Waals surface area contributed by atoms with Crippen LogP contribution in [-0.4, -0.2) is 26.7 Å². The van der Waals surface area contributed by atoms with Gasteiger partial charge in [0.1, 0.15) is 0 Å². The molecule has 4 heteroatoms. The molecule has 52 valence electrons. The monoisotopic (exact) mass is 230 g/mol. The summed E-state index contributed by atoms with van der Waals surface area (Å²) >= 11 is 1.11. The minimum absolute atomic E-state index is 0. The van der Waals surface area contributed by atoms with Crippen LogP contribution in [0.2, 0.25) is 24.2 Å². The van der Waals surface area contributed by atoms with E-state index in [1.807, 2.05) is 0 Å². The Hall–Kier alpha value is 1.43. The van der Waals surface area contributed by atoms with E-state index in [9.17, 15) is 0 Å². The summed E-state index contributed by atoms with van der Waals surface area (Å²) in [6.07, 6.45) is 0. The van der Waals surface area contributed by atoms with Crippen molar-refractivity contribution in [1.82, 2.24) is 0 Å². The number of halogens is 2. The van der Waals surface area contributed by atoms with Crippen LogP contribution in [0.4, 0.5) is 0 Å². The normalized spacial score (nSPS) is 8.88. The van der Waals surface area contributed by atoms with Crippen LogP contribution < -0.4 is 0 Å². The van der Waals surface area contributed by atoms with Gasteiger partial charge >= 0.3 is 50.9 Å². The van der Waals surface area contributed by atoms with Crippen molar-refractivity contribution in [2.45, 2.75) is 24.2 Å². The summed E-state index contributed by atoms with van der Waals surface area (Å²) in [5, 5.41) is 0. The summed E-state index contributed by atoms with van der Waals surface area (Å²) < 4.78 is 1.60. The first-order chi connectivity index (χ1) is 2.56. The fourth-order valence-corrected chi connectivity index (χ4v) is 0. The largest absolute Gasteiger partial charge is 0.147 e. The van der Waals surface area contributed by atoms with E-state index in [0.717, 1.165) is 18.6 Å². The van der Waals surface area contributed by atoms with Crippen LogP contribution in [-0.2, 0) is 0 Å². The molecule has 0 aromatic rings. The Morgan fingerprint density at radius 1 is 1.12 bits per heavy atom. The van der Waals surface area contributed by atoms with Crippen LogP contribution in [0.25, 0.3) is 0 Å². The molecule has 0 N–H and O–H groups in total. The molecule has 0 atom stereocenters. The van der Waals surface area contributed by atoms with Crippen LogP contribution in [0, 0.1) is 0 Å². The van der Waals surface area contributed by atoms with Crippen molar-refractivity contribution in [3.05, 3.63) is 0 Å². The Balaban J connectivity index is -0.000000125. The van der Waals surface area contributed by atoms with Crippen molar-refractivity contribution in [3.63, 3.8) is 0 Å². The van der Waals surface area contributed by atoms with Gasteiger partial charge in [0.25, 0.3) is 0 Å². The third kappa shape index (κ3) is 15.7. The molecular weight excluding hydrogens is 217 g/mol. The van der Waals surface area contributed by atoms with E-state index in [1.165, 1.54) is 0 Å². The molecule has 8 heavy (non-hydrogen) atoms. The Morgan fingerprint density at radius 3 is 1.25 bits per heavy atom. The molecule has 0 rings (SSSR count). The van der Waals surface area contributed by atoms with Gasteiger partial charge in [0.15, 0.2) is 0 Å². The molecule has 0 aliphatic carbocycles. The molecule has 0 spiro atoms. The Morgan fingerprint density at radius 2 is 1.25 bits per heavy atom. The third-order valence-corrected chi connectivity index (χ3v) is 16.5. The number of rotatable bonds is 1. The summed E-state index contributed by atoms with van der Waals surface area (Å²) in [5.74, 6) is 0. The smallest absolute Gasteiger partial charge is 0.147 e. The van der Waals surface area contributed by atoms with E-state index < -0.39 is 8.07 Å². The van der Waals surface area contributed by atoms with Gasteiger partial charge in [-0.3, -0.25) is 0 Å². The Kier molecular flexibility index (Phi) is 13.3. The van der Waals surface area contributed by atoms with Gasteiger partial charge < -0.3 is 0 Å². The third-order valence-electron chi connectivity index (χ3n) is 1.06. The molecule has 0 unspecified atom stereocenters. The first kappa shape index (κ1) is 16.2. The van der Waals surface area contributed by atoms with Crippen LogP contribution >= 0.6 is 24.8 Å². The molecule has 0 aliphatic rings. The van der Waals surface area contributed by atoms with E-state index in [2.05, 4.69) is 19.6 Å². The first-order valence-electron chi connectivity index (χ1n) is 2.56. The SMILES string of the molecule is C[Si](C)(C)[CH2][GaH2].Cl.Cl. The molecule has 0 aromatic carbocycles. The molecule has 0 heterocycles. The van der Waals surface area contributed by atoms with Gasteiger partial charge in [-0.25, -0.2) is 0 Å². The molecule has 0 fully saturated rings. The van der Waals surface area contributed by atoms with Gasteiger partial charge in [-0.15, -0.1) is 24.8 Å². The second-order valence-corrected chi connectivity index (χ2v) is 13.2. The van der Waals surface area contributed by atoms with Crippen LogP contribution in [0.1, 0.15) is 0 Å². The van der Waals surface area contributed by atoms with E-state index in [0.29, 0.717) is 0 Å². The van der Waals surface area contributed by atoms with Crippen LogP contribution in [0.5, 0.6) is 0 Å². The van der Waals surface area contributed by atoms with Crippen molar-refractivity contribution in [1.29, 1.82) is 0 Å². The van der Waals surface area contributed by atoms with Crippen molar-refractivity contribution < 1.29 is 0 Å². The minimum Gasteiger partial charge on any atom is -0.147 e. The summed E-state index contributed by atoms with van der Waals surface area (Å²) in [7, 11) is -0.548. The van der Waals surface area contributed by atoms with Crippen LogP contribution in [0.3, 0.4) is 0 Å². The second kappa shape index (κ2) is 6.55. The maximum atomic E-state index is 2.43.